The molecule has 0 bridgehead atoms. The van der Waals surface area contributed by atoms with E-state index in [0.29, 0.717) is 22.7 Å². The molecule has 1 nitrogen and oxygen atoms in total. The normalized spacial score (nSPS) is 30.6. The third-order valence-corrected chi connectivity index (χ3v) is 4.18. The highest BCUT2D eigenvalue weighted by atomic mass is 15.2. The predicted octanol–water partition coefficient (Wildman–Crippen LogP) is 4.04. The zero-order valence-corrected chi connectivity index (χ0v) is 12.5. The van der Waals surface area contributed by atoms with Crippen molar-refractivity contribution in [2.24, 2.45) is 22.7 Å². The lowest BCUT2D eigenvalue weighted by Crippen LogP contribution is -2.34. The minimum atomic E-state index is -0.441. The maximum absolute atomic E-state index is 8.24. The Kier molecular flexibility index (Phi) is 3.36. The summed E-state index contributed by atoms with van der Waals surface area (Å²) < 4.78 is 8.24. The average molecular weight is 227 g/mol. The molecule has 1 heterocycles. The Balaban J connectivity index is 2.96. The van der Waals surface area contributed by atoms with Crippen LogP contribution in [-0.4, -0.2) is 24.0 Å². The summed E-state index contributed by atoms with van der Waals surface area (Å²) in [6.07, 6.45) is 0. The fourth-order valence-electron chi connectivity index (χ4n) is 2.92. The third-order valence-electron chi connectivity index (χ3n) is 4.18. The van der Waals surface area contributed by atoms with Crippen LogP contribution in [0.2, 0.25) is 0 Å². The van der Waals surface area contributed by atoms with Crippen LogP contribution in [0.15, 0.2) is 0 Å². The third kappa shape index (κ3) is 3.00. The largest absolute Gasteiger partial charge is 0.300 e. The van der Waals surface area contributed by atoms with E-state index in [1.807, 2.05) is 13.8 Å². The van der Waals surface area contributed by atoms with E-state index >= 15 is 0 Å². The Bertz CT molecular complexity index is 242. The highest BCUT2D eigenvalue weighted by molar-refractivity contribution is 4.96. The summed E-state index contributed by atoms with van der Waals surface area (Å²) in [5, 5.41) is 0. The Morgan fingerprint density at radius 3 is 1.44 bits per heavy atom. The molecule has 96 valence electrons. The monoisotopic (exact) mass is 227 g/mol. The zero-order valence-electron chi connectivity index (χ0n) is 13.5. The molecule has 0 spiro atoms. The van der Waals surface area contributed by atoms with E-state index in [-0.39, 0.29) is 0 Å². The van der Waals surface area contributed by atoms with Gasteiger partial charge in [-0.3, -0.25) is 0 Å². The van der Waals surface area contributed by atoms with Crippen molar-refractivity contribution in [1.82, 2.24) is 4.90 Å². The fraction of sp³-hybridized carbons (Fsp3) is 1.00. The molecule has 2 unspecified atom stereocenters. The van der Waals surface area contributed by atoms with Crippen molar-refractivity contribution in [3.8, 4) is 0 Å². The van der Waals surface area contributed by atoms with Gasteiger partial charge in [0.05, 0.1) is 0 Å². The minimum absolute atomic E-state index is 0.331. The molecular weight excluding hydrogens is 194 g/mol. The summed E-state index contributed by atoms with van der Waals surface area (Å²) >= 11 is 0. The molecule has 1 rings (SSSR count). The topological polar surface area (TPSA) is 3.24 Å². The van der Waals surface area contributed by atoms with Gasteiger partial charge in [-0.15, -0.1) is 0 Å². The molecule has 0 aromatic heterocycles. The second-order valence-electron chi connectivity index (χ2n) is 7.80. The molecule has 1 saturated heterocycles. The highest BCUT2D eigenvalue weighted by Gasteiger charge is 2.45. The van der Waals surface area contributed by atoms with Crippen LogP contribution in [0, 0.1) is 22.7 Å². The molecule has 0 aliphatic carbocycles. The van der Waals surface area contributed by atoms with Crippen molar-refractivity contribution in [2.75, 3.05) is 13.1 Å². The number of hydrogen-bond acceptors (Lipinski definition) is 1. The van der Waals surface area contributed by atoms with Crippen LogP contribution in [0.25, 0.3) is 0 Å². The maximum atomic E-state index is 8.24. The lowest BCUT2D eigenvalue weighted by molar-refractivity contribution is 0.115. The van der Waals surface area contributed by atoms with Gasteiger partial charge < -0.3 is 4.90 Å². The minimum Gasteiger partial charge on any atom is -0.300 e. The van der Waals surface area contributed by atoms with Crippen LogP contribution in [0.3, 0.4) is 0 Å². The molecule has 1 heteroatoms. The van der Waals surface area contributed by atoms with Gasteiger partial charge in [-0.05, 0) is 36.5 Å². The number of likely N-dealkylation sites (tertiary alicyclic amines) is 1. The van der Waals surface area contributed by atoms with Crippen molar-refractivity contribution in [2.45, 2.75) is 61.4 Å². The summed E-state index contributed by atoms with van der Waals surface area (Å²) in [6.45, 7) is 20.2. The summed E-state index contributed by atoms with van der Waals surface area (Å²) in [4.78, 5) is 2.35. The summed E-state index contributed by atoms with van der Waals surface area (Å²) in [5.41, 5.74) is 0.663. The molecule has 1 fully saturated rings. The van der Waals surface area contributed by atoms with Crippen LogP contribution in [0.4, 0.5) is 0 Å². The van der Waals surface area contributed by atoms with E-state index < -0.39 is 6.02 Å². The molecular formula is C15H31N. The maximum Gasteiger partial charge on any atom is 0.0461 e. The van der Waals surface area contributed by atoms with Crippen LogP contribution >= 0.6 is 0 Å². The number of nitrogens with zero attached hydrogens (tertiary/aromatic N) is 1. The van der Waals surface area contributed by atoms with Gasteiger partial charge in [0.25, 0.3) is 0 Å². The number of rotatable bonds is 1. The molecule has 0 aromatic rings. The van der Waals surface area contributed by atoms with Gasteiger partial charge in [-0.2, -0.15) is 0 Å². The average Bonchev–Trinajstić information content (AvgIpc) is 2.42. The lowest BCUT2D eigenvalue weighted by atomic mass is 9.66. The predicted molar refractivity (Wildman–Crippen MR) is 72.6 cm³/mol. The van der Waals surface area contributed by atoms with E-state index in [1.165, 1.54) is 0 Å². The first-order valence-corrected chi connectivity index (χ1v) is 6.58. The van der Waals surface area contributed by atoms with Crippen molar-refractivity contribution in [1.29, 1.82) is 0 Å². The van der Waals surface area contributed by atoms with Crippen LogP contribution in [0.1, 0.15) is 56.8 Å². The summed E-state index contributed by atoms with van der Waals surface area (Å²) in [7, 11) is 0. The quantitative estimate of drug-likeness (QED) is 0.653. The first-order chi connectivity index (χ1) is 7.33. The van der Waals surface area contributed by atoms with Crippen molar-refractivity contribution >= 4 is 0 Å². The van der Waals surface area contributed by atoms with Gasteiger partial charge in [0.1, 0.15) is 0 Å². The van der Waals surface area contributed by atoms with E-state index in [4.69, 9.17) is 1.37 Å². The van der Waals surface area contributed by atoms with Gasteiger partial charge in [0.15, 0.2) is 0 Å². The lowest BCUT2D eigenvalue weighted by Gasteiger charge is -2.38. The van der Waals surface area contributed by atoms with E-state index in [1.54, 1.807) is 0 Å². The van der Waals surface area contributed by atoms with Crippen molar-refractivity contribution in [3.63, 3.8) is 0 Å². The Morgan fingerprint density at radius 1 is 0.938 bits per heavy atom. The second kappa shape index (κ2) is 4.33. The van der Waals surface area contributed by atoms with Crippen molar-refractivity contribution < 1.29 is 1.37 Å². The van der Waals surface area contributed by atoms with E-state index in [9.17, 15) is 0 Å². The Morgan fingerprint density at radius 2 is 1.25 bits per heavy atom. The van der Waals surface area contributed by atoms with Gasteiger partial charge in [-0.25, -0.2) is 0 Å². The van der Waals surface area contributed by atoms with Gasteiger partial charge >= 0.3 is 0 Å². The first-order valence-electron chi connectivity index (χ1n) is 7.08. The Labute approximate surface area is 104 Å². The van der Waals surface area contributed by atoms with Crippen LogP contribution < -0.4 is 0 Å². The first kappa shape index (κ1) is 12.4. The standard InChI is InChI=1S/C15H31N/c1-11(2)16-9-12(14(3,4)5)13(10-16)15(6,7)8/h11-13H,9-10H2,1-8H3/i11T. The fourth-order valence-corrected chi connectivity index (χ4v) is 2.92. The molecule has 1 aliphatic rings. The summed E-state index contributed by atoms with van der Waals surface area (Å²) in [6, 6.07) is -0.441. The van der Waals surface area contributed by atoms with Gasteiger partial charge in [0, 0.05) is 20.5 Å². The molecule has 0 saturated carbocycles. The molecule has 1 aliphatic heterocycles. The highest BCUT2D eigenvalue weighted by Crippen LogP contribution is 2.46. The smallest absolute Gasteiger partial charge is 0.0461 e. The Hall–Kier alpha value is -0.0400. The SMILES string of the molecule is [3H]C(C)(C)N1CC(C(C)(C)C)C(C(C)(C)C)C1. The molecule has 0 amide bonds. The van der Waals surface area contributed by atoms with Crippen LogP contribution in [0.5, 0.6) is 0 Å². The molecule has 0 N–H and O–H groups in total. The summed E-state index contributed by atoms with van der Waals surface area (Å²) in [5.74, 6) is 1.37. The van der Waals surface area contributed by atoms with E-state index in [2.05, 4.69) is 46.4 Å². The molecule has 0 radical (unpaired) electrons. The van der Waals surface area contributed by atoms with Gasteiger partial charge in [-0.1, -0.05) is 41.5 Å². The molecule has 16 heavy (non-hydrogen) atoms. The van der Waals surface area contributed by atoms with Gasteiger partial charge in [0.2, 0.25) is 0 Å². The molecule has 2 atom stereocenters. The van der Waals surface area contributed by atoms with Crippen molar-refractivity contribution in [3.05, 3.63) is 0 Å². The molecule has 0 aromatic carbocycles. The zero-order chi connectivity index (χ0) is 13.6. The number of hydrogen-bond donors (Lipinski definition) is 0. The van der Waals surface area contributed by atoms with E-state index in [0.717, 1.165) is 13.1 Å². The van der Waals surface area contributed by atoms with Crippen LogP contribution in [-0.2, 0) is 0 Å². The second-order valence-corrected chi connectivity index (χ2v) is 7.80.